The minimum absolute atomic E-state index is 0.737. The topological polar surface area (TPSA) is 25.8 Å². The summed E-state index contributed by atoms with van der Waals surface area (Å²) in [7, 11) is 0. The molecule has 0 fully saturated rings. The molecule has 0 saturated heterocycles. The molecule has 2 nitrogen and oxygen atoms in total. The SMILES string of the molecule is c1ccc(-c2ccc(-c3ncc(-c4ccc5cc6c(cc5c4)sc4c5cc7ccccc7cc5sc64)cn3)c3ccccc23)cc1. The van der Waals surface area contributed by atoms with E-state index in [4.69, 9.17) is 9.97 Å². The molecule has 3 heterocycles. The van der Waals surface area contributed by atoms with E-state index in [2.05, 4.69) is 133 Å². The highest BCUT2D eigenvalue weighted by molar-refractivity contribution is 7.36. The molecule has 0 unspecified atom stereocenters. The third kappa shape index (κ3) is 4.01. The second-order valence-corrected chi connectivity index (χ2v) is 13.9. The van der Waals surface area contributed by atoms with Gasteiger partial charge < -0.3 is 0 Å². The van der Waals surface area contributed by atoms with Crippen LogP contribution in [0.5, 0.6) is 0 Å². The van der Waals surface area contributed by atoms with Gasteiger partial charge in [0.05, 0.1) is 9.40 Å². The van der Waals surface area contributed by atoms with Gasteiger partial charge in [0.15, 0.2) is 5.82 Å². The van der Waals surface area contributed by atoms with Crippen LogP contribution in [0.1, 0.15) is 0 Å². The molecular formula is C42H24N2S2. The first-order chi connectivity index (χ1) is 22.8. The summed E-state index contributed by atoms with van der Waals surface area (Å²) in [6.07, 6.45) is 3.92. The van der Waals surface area contributed by atoms with E-state index >= 15 is 0 Å². The van der Waals surface area contributed by atoms with Crippen LogP contribution < -0.4 is 0 Å². The summed E-state index contributed by atoms with van der Waals surface area (Å²) in [6, 6.07) is 48.2. The highest BCUT2D eigenvalue weighted by atomic mass is 32.1. The lowest BCUT2D eigenvalue weighted by Gasteiger charge is -2.11. The summed E-state index contributed by atoms with van der Waals surface area (Å²) in [5.41, 5.74) is 5.61. The van der Waals surface area contributed by atoms with Crippen LogP contribution in [0.25, 0.3) is 95.5 Å². The van der Waals surface area contributed by atoms with Crippen molar-refractivity contribution in [3.05, 3.63) is 146 Å². The van der Waals surface area contributed by atoms with Crippen molar-refractivity contribution in [2.75, 3.05) is 0 Å². The van der Waals surface area contributed by atoms with Gasteiger partial charge in [-0.1, -0.05) is 97.1 Å². The Bertz CT molecular complexity index is 2790. The predicted molar refractivity (Wildman–Crippen MR) is 199 cm³/mol. The molecule has 46 heavy (non-hydrogen) atoms. The Kier molecular flexibility index (Phi) is 5.65. The molecule has 0 spiro atoms. The van der Waals surface area contributed by atoms with Crippen molar-refractivity contribution in [1.29, 1.82) is 0 Å². The van der Waals surface area contributed by atoms with E-state index in [1.165, 1.54) is 67.6 Å². The maximum absolute atomic E-state index is 4.87. The summed E-state index contributed by atoms with van der Waals surface area (Å²) < 4.78 is 5.48. The third-order valence-corrected chi connectivity index (χ3v) is 11.6. The maximum atomic E-state index is 4.87. The van der Waals surface area contributed by atoms with Crippen molar-refractivity contribution in [3.8, 4) is 33.6 Å². The Morgan fingerprint density at radius 3 is 1.65 bits per heavy atom. The van der Waals surface area contributed by atoms with Crippen LogP contribution in [0.15, 0.2) is 146 Å². The molecule has 0 amide bonds. The standard InChI is InChI=1S/C42H24N2S2/c1-2-8-25(9-3-1)32-16-17-35(34-13-7-6-12-33(32)34)42-43-23-31(24-44-42)28-14-15-29-20-37-39(22-30(29)18-28)46-40-36-19-26-10-4-5-11-27(26)21-38(36)45-41(37)40/h1-24H. The predicted octanol–water partition coefficient (Wildman–Crippen LogP) is 12.5. The first-order valence-electron chi connectivity index (χ1n) is 15.4. The molecule has 0 bridgehead atoms. The summed E-state index contributed by atoms with van der Waals surface area (Å²) in [5, 5.41) is 10.2. The first kappa shape index (κ1) is 25.9. The maximum Gasteiger partial charge on any atom is 0.159 e. The van der Waals surface area contributed by atoms with E-state index in [1.54, 1.807) is 0 Å². The number of nitrogens with zero attached hydrogens (tertiary/aromatic N) is 2. The van der Waals surface area contributed by atoms with E-state index in [0.29, 0.717) is 0 Å². The van der Waals surface area contributed by atoms with E-state index < -0.39 is 0 Å². The van der Waals surface area contributed by atoms with Crippen LogP contribution in [0.4, 0.5) is 0 Å². The van der Waals surface area contributed by atoms with Gasteiger partial charge in [0.1, 0.15) is 0 Å². The van der Waals surface area contributed by atoms with Crippen LogP contribution in [-0.2, 0) is 0 Å². The third-order valence-electron chi connectivity index (χ3n) is 9.14. The van der Waals surface area contributed by atoms with Crippen molar-refractivity contribution in [1.82, 2.24) is 9.97 Å². The second kappa shape index (κ2) is 10.0. The summed E-state index contributed by atoms with van der Waals surface area (Å²) >= 11 is 3.82. The Hall–Kier alpha value is -5.42. The smallest absolute Gasteiger partial charge is 0.159 e. The molecule has 3 aromatic heterocycles. The van der Waals surface area contributed by atoms with Crippen molar-refractivity contribution in [2.45, 2.75) is 0 Å². The van der Waals surface area contributed by atoms with Gasteiger partial charge >= 0.3 is 0 Å². The molecule has 0 aliphatic carbocycles. The molecule has 7 aromatic carbocycles. The van der Waals surface area contributed by atoms with Crippen LogP contribution >= 0.6 is 22.7 Å². The Labute approximate surface area is 272 Å². The summed E-state index contributed by atoms with van der Waals surface area (Å²) in [6.45, 7) is 0. The Morgan fingerprint density at radius 2 is 0.935 bits per heavy atom. The Morgan fingerprint density at radius 1 is 0.370 bits per heavy atom. The lowest BCUT2D eigenvalue weighted by Crippen LogP contribution is -1.92. The largest absolute Gasteiger partial charge is 0.236 e. The molecule has 0 radical (unpaired) electrons. The highest BCUT2D eigenvalue weighted by Gasteiger charge is 2.15. The monoisotopic (exact) mass is 620 g/mol. The summed E-state index contributed by atoms with van der Waals surface area (Å²) in [5.74, 6) is 0.737. The number of benzene rings is 7. The van der Waals surface area contributed by atoms with Crippen molar-refractivity contribution in [2.24, 2.45) is 0 Å². The van der Waals surface area contributed by atoms with E-state index in [1.807, 2.05) is 35.1 Å². The minimum Gasteiger partial charge on any atom is -0.236 e. The quantitative estimate of drug-likeness (QED) is 0.196. The second-order valence-electron chi connectivity index (χ2n) is 11.8. The number of hydrogen-bond donors (Lipinski definition) is 0. The van der Waals surface area contributed by atoms with E-state index in [-0.39, 0.29) is 0 Å². The number of hydrogen-bond acceptors (Lipinski definition) is 4. The van der Waals surface area contributed by atoms with Crippen molar-refractivity contribution < 1.29 is 0 Å². The van der Waals surface area contributed by atoms with Gasteiger partial charge in [0, 0.05) is 43.7 Å². The zero-order chi connectivity index (χ0) is 30.2. The minimum atomic E-state index is 0.737. The molecule has 4 heteroatoms. The molecule has 0 aliphatic heterocycles. The molecule has 10 aromatic rings. The lowest BCUT2D eigenvalue weighted by molar-refractivity contribution is 1.18. The average Bonchev–Trinajstić information content (AvgIpc) is 3.64. The molecule has 214 valence electrons. The van der Waals surface area contributed by atoms with Gasteiger partial charge in [-0.25, -0.2) is 9.97 Å². The van der Waals surface area contributed by atoms with Crippen LogP contribution in [0, 0.1) is 0 Å². The first-order valence-corrected chi connectivity index (χ1v) is 17.0. The fourth-order valence-corrected chi connectivity index (χ4v) is 9.54. The van der Waals surface area contributed by atoms with Crippen LogP contribution in [0.2, 0.25) is 0 Å². The fraction of sp³-hybridized carbons (Fsp3) is 0. The lowest BCUT2D eigenvalue weighted by atomic mass is 9.95. The van der Waals surface area contributed by atoms with Gasteiger partial charge in [-0.15, -0.1) is 22.7 Å². The number of fused-ring (bicyclic) bond motifs is 8. The molecular weight excluding hydrogens is 597 g/mol. The molecule has 0 saturated carbocycles. The van der Waals surface area contributed by atoms with Gasteiger partial charge in [-0.2, -0.15) is 0 Å². The van der Waals surface area contributed by atoms with E-state index in [9.17, 15) is 0 Å². The highest BCUT2D eigenvalue weighted by Crippen LogP contribution is 2.46. The summed E-state index contributed by atoms with van der Waals surface area (Å²) in [4.78, 5) is 9.75. The number of thiophene rings is 2. The molecule has 10 rings (SSSR count). The van der Waals surface area contributed by atoms with Gasteiger partial charge in [0.25, 0.3) is 0 Å². The zero-order valence-corrected chi connectivity index (χ0v) is 26.2. The van der Waals surface area contributed by atoms with Crippen LogP contribution in [0.3, 0.4) is 0 Å². The zero-order valence-electron chi connectivity index (χ0n) is 24.6. The van der Waals surface area contributed by atoms with Crippen LogP contribution in [-0.4, -0.2) is 9.97 Å². The van der Waals surface area contributed by atoms with Gasteiger partial charge in [0.2, 0.25) is 0 Å². The molecule has 0 aliphatic rings. The number of aromatic nitrogens is 2. The van der Waals surface area contributed by atoms with Gasteiger partial charge in [-0.05, 0) is 85.4 Å². The number of rotatable bonds is 3. The van der Waals surface area contributed by atoms with E-state index in [0.717, 1.165) is 27.9 Å². The fourth-order valence-electron chi connectivity index (χ4n) is 6.85. The molecule has 0 atom stereocenters. The Balaban J connectivity index is 1.03. The van der Waals surface area contributed by atoms with Gasteiger partial charge in [-0.3, -0.25) is 0 Å². The van der Waals surface area contributed by atoms with Crippen molar-refractivity contribution in [3.63, 3.8) is 0 Å². The normalized spacial score (nSPS) is 11.9. The molecule has 0 N–H and O–H groups in total. The average molecular weight is 621 g/mol. The van der Waals surface area contributed by atoms with Crippen molar-refractivity contribution >= 4 is 84.6 Å².